The zero-order chi connectivity index (χ0) is 11.4. The Labute approximate surface area is 88.0 Å². The molecule has 0 spiro atoms. The Balaban J connectivity index is 3.17. The number of benzene rings is 1. The van der Waals surface area contributed by atoms with Crippen LogP contribution in [0.4, 0.5) is 8.78 Å². The molecule has 0 fully saturated rings. The molecule has 0 aliphatic carbocycles. The van der Waals surface area contributed by atoms with Crippen molar-refractivity contribution in [3.8, 4) is 0 Å². The van der Waals surface area contributed by atoms with Crippen molar-refractivity contribution >= 4 is 0 Å². The highest BCUT2D eigenvalue weighted by molar-refractivity contribution is 5.30. The van der Waals surface area contributed by atoms with Crippen molar-refractivity contribution in [2.45, 2.75) is 19.4 Å². The highest BCUT2D eigenvalue weighted by Gasteiger charge is 2.17. The molecule has 0 amide bonds. The van der Waals surface area contributed by atoms with Gasteiger partial charge in [-0.2, -0.15) is 0 Å². The molecule has 1 atom stereocenters. The molecule has 84 valence electrons. The Kier molecular flexibility index (Phi) is 4.17. The minimum Gasteiger partial charge on any atom is -0.380 e. The monoisotopic (exact) mass is 215 g/mol. The molecular weight excluding hydrogens is 200 g/mol. The van der Waals surface area contributed by atoms with E-state index in [9.17, 15) is 8.78 Å². The summed E-state index contributed by atoms with van der Waals surface area (Å²) in [5, 5.41) is 0. The third-order valence-electron chi connectivity index (χ3n) is 2.35. The van der Waals surface area contributed by atoms with Gasteiger partial charge >= 0.3 is 0 Å². The third-order valence-corrected chi connectivity index (χ3v) is 2.35. The molecule has 1 rings (SSSR count). The molecule has 0 saturated carbocycles. The van der Waals surface area contributed by atoms with Crippen LogP contribution in [0.15, 0.2) is 12.1 Å². The normalized spacial score (nSPS) is 12.9. The number of hydrogen-bond acceptors (Lipinski definition) is 2. The van der Waals surface area contributed by atoms with Gasteiger partial charge in [0.05, 0.1) is 6.61 Å². The lowest BCUT2D eigenvalue weighted by Gasteiger charge is -2.13. The molecule has 0 aromatic heterocycles. The molecule has 0 bridgehead atoms. The van der Waals surface area contributed by atoms with E-state index in [0.717, 1.165) is 0 Å². The first-order valence-electron chi connectivity index (χ1n) is 4.77. The van der Waals surface area contributed by atoms with Crippen LogP contribution in [0.5, 0.6) is 0 Å². The van der Waals surface area contributed by atoms with Gasteiger partial charge in [0.25, 0.3) is 0 Å². The average Bonchev–Trinajstić information content (AvgIpc) is 2.22. The Morgan fingerprint density at radius 2 is 2.07 bits per heavy atom. The highest BCUT2D eigenvalue weighted by Crippen LogP contribution is 2.24. The van der Waals surface area contributed by atoms with Gasteiger partial charge in [-0.25, -0.2) is 8.78 Å². The van der Waals surface area contributed by atoms with Crippen LogP contribution >= 0.6 is 0 Å². The van der Waals surface area contributed by atoms with Crippen LogP contribution in [-0.2, 0) is 11.3 Å². The van der Waals surface area contributed by atoms with Crippen molar-refractivity contribution in [1.29, 1.82) is 0 Å². The second-order valence-electron chi connectivity index (χ2n) is 3.50. The van der Waals surface area contributed by atoms with E-state index in [2.05, 4.69) is 0 Å². The van der Waals surface area contributed by atoms with E-state index >= 15 is 0 Å². The summed E-state index contributed by atoms with van der Waals surface area (Å²) in [5.74, 6) is -1.43. The van der Waals surface area contributed by atoms with Crippen LogP contribution in [0.25, 0.3) is 0 Å². The van der Waals surface area contributed by atoms with Gasteiger partial charge in [0.15, 0.2) is 0 Å². The number of ether oxygens (including phenoxy) is 1. The summed E-state index contributed by atoms with van der Waals surface area (Å²) in [6.45, 7) is 2.04. The van der Waals surface area contributed by atoms with Crippen LogP contribution < -0.4 is 5.73 Å². The molecule has 0 aliphatic rings. The topological polar surface area (TPSA) is 35.2 Å². The van der Waals surface area contributed by atoms with Crippen molar-refractivity contribution in [1.82, 2.24) is 0 Å². The number of methoxy groups -OCH3 is 1. The molecule has 0 saturated heterocycles. The van der Waals surface area contributed by atoms with Crippen LogP contribution in [-0.4, -0.2) is 13.7 Å². The maximum absolute atomic E-state index is 13.8. The van der Waals surface area contributed by atoms with Crippen molar-refractivity contribution in [2.75, 3.05) is 13.7 Å². The maximum atomic E-state index is 13.8. The summed E-state index contributed by atoms with van der Waals surface area (Å²) < 4.78 is 32.0. The van der Waals surface area contributed by atoms with E-state index in [1.54, 1.807) is 6.92 Å². The summed E-state index contributed by atoms with van der Waals surface area (Å²) in [6, 6.07) is 2.64. The zero-order valence-electron chi connectivity index (χ0n) is 8.89. The van der Waals surface area contributed by atoms with Gasteiger partial charge in [0.1, 0.15) is 11.6 Å². The molecular formula is C11H15F2NO. The van der Waals surface area contributed by atoms with Gasteiger partial charge in [-0.3, -0.25) is 0 Å². The molecule has 1 aromatic rings. The predicted molar refractivity (Wildman–Crippen MR) is 54.5 cm³/mol. The minimum atomic E-state index is -0.551. The Hall–Kier alpha value is -1.00. The summed E-state index contributed by atoms with van der Waals surface area (Å²) in [4.78, 5) is 0. The number of hydrogen-bond donors (Lipinski definition) is 1. The quantitative estimate of drug-likeness (QED) is 0.835. The maximum Gasteiger partial charge on any atom is 0.135 e. The lowest BCUT2D eigenvalue weighted by atomic mass is 9.97. The molecule has 2 nitrogen and oxygen atoms in total. The van der Waals surface area contributed by atoms with Gasteiger partial charge in [-0.1, -0.05) is 13.0 Å². The van der Waals surface area contributed by atoms with E-state index in [-0.39, 0.29) is 24.6 Å². The van der Waals surface area contributed by atoms with Gasteiger partial charge in [0, 0.05) is 18.2 Å². The van der Waals surface area contributed by atoms with Crippen molar-refractivity contribution in [3.05, 3.63) is 34.9 Å². The fourth-order valence-electron chi connectivity index (χ4n) is 1.45. The second kappa shape index (κ2) is 5.19. The zero-order valence-corrected chi connectivity index (χ0v) is 8.89. The van der Waals surface area contributed by atoms with Crippen LogP contribution in [0.2, 0.25) is 0 Å². The summed E-state index contributed by atoms with van der Waals surface area (Å²) in [5.41, 5.74) is 5.81. The summed E-state index contributed by atoms with van der Waals surface area (Å²) >= 11 is 0. The van der Waals surface area contributed by atoms with Crippen LogP contribution in [0.1, 0.15) is 24.0 Å². The summed E-state index contributed by atoms with van der Waals surface area (Å²) in [6.07, 6.45) is 0. The average molecular weight is 215 g/mol. The first-order valence-corrected chi connectivity index (χ1v) is 4.77. The van der Waals surface area contributed by atoms with Crippen LogP contribution in [0.3, 0.4) is 0 Å². The molecule has 15 heavy (non-hydrogen) atoms. The standard InChI is InChI=1S/C11H15F2NO/c1-7(5-14)10-9(12)4-3-8(6-15-2)11(10)13/h3-4,7H,5-6,14H2,1-2H3. The van der Waals surface area contributed by atoms with E-state index in [4.69, 9.17) is 10.5 Å². The first kappa shape index (κ1) is 12.1. The fourth-order valence-corrected chi connectivity index (χ4v) is 1.45. The molecule has 1 aromatic carbocycles. The largest absolute Gasteiger partial charge is 0.380 e. The molecule has 4 heteroatoms. The van der Waals surface area contributed by atoms with Crippen molar-refractivity contribution < 1.29 is 13.5 Å². The van der Waals surface area contributed by atoms with Gasteiger partial charge in [0.2, 0.25) is 0 Å². The number of halogens is 2. The third kappa shape index (κ3) is 2.52. The smallest absolute Gasteiger partial charge is 0.135 e. The number of rotatable bonds is 4. The molecule has 1 unspecified atom stereocenters. The molecule has 0 heterocycles. The Bertz CT molecular complexity index is 342. The minimum absolute atomic E-state index is 0.0482. The Morgan fingerprint density at radius 3 is 2.60 bits per heavy atom. The van der Waals surface area contributed by atoms with Gasteiger partial charge < -0.3 is 10.5 Å². The van der Waals surface area contributed by atoms with E-state index in [0.29, 0.717) is 5.56 Å². The lowest BCUT2D eigenvalue weighted by molar-refractivity contribution is 0.181. The SMILES string of the molecule is COCc1ccc(F)c(C(C)CN)c1F. The van der Waals surface area contributed by atoms with Gasteiger partial charge in [-0.15, -0.1) is 0 Å². The Morgan fingerprint density at radius 1 is 1.40 bits per heavy atom. The molecule has 0 radical (unpaired) electrons. The van der Waals surface area contributed by atoms with E-state index in [1.807, 2.05) is 0 Å². The molecule has 2 N–H and O–H groups in total. The van der Waals surface area contributed by atoms with Crippen LogP contribution in [0, 0.1) is 11.6 Å². The van der Waals surface area contributed by atoms with Crippen molar-refractivity contribution in [3.63, 3.8) is 0 Å². The van der Waals surface area contributed by atoms with Gasteiger partial charge in [-0.05, 0) is 18.5 Å². The fraction of sp³-hybridized carbons (Fsp3) is 0.455. The second-order valence-corrected chi connectivity index (χ2v) is 3.50. The first-order chi connectivity index (χ1) is 7.11. The number of nitrogens with two attached hydrogens (primary N) is 1. The lowest BCUT2D eigenvalue weighted by Crippen LogP contribution is -2.13. The van der Waals surface area contributed by atoms with Crippen molar-refractivity contribution in [2.24, 2.45) is 5.73 Å². The molecule has 0 aliphatic heterocycles. The summed E-state index contributed by atoms with van der Waals surface area (Å²) in [7, 11) is 1.47. The highest BCUT2D eigenvalue weighted by atomic mass is 19.1. The predicted octanol–water partition coefficient (Wildman–Crippen LogP) is 2.17. The van der Waals surface area contributed by atoms with E-state index < -0.39 is 11.6 Å². The van der Waals surface area contributed by atoms with E-state index in [1.165, 1.54) is 19.2 Å².